The minimum atomic E-state index is -2.84. The monoisotopic (exact) mass is 511 g/mol. The molecule has 2 saturated heterocycles. The first kappa shape index (κ1) is 22.2. The Labute approximate surface area is 177 Å². The van der Waals surface area contributed by atoms with E-state index in [1.54, 1.807) is 12.1 Å². The van der Waals surface area contributed by atoms with Crippen LogP contribution in [0.5, 0.6) is 0 Å². The number of sulfone groups is 1. The highest BCUT2D eigenvalue weighted by Crippen LogP contribution is 2.16. The van der Waals surface area contributed by atoms with Crippen molar-refractivity contribution in [2.75, 3.05) is 68.8 Å². The predicted molar refractivity (Wildman–Crippen MR) is 117 cm³/mol. The Hall–Kier alpha value is -1.14. The first-order chi connectivity index (χ1) is 12.4. The molecule has 152 valence electrons. The van der Waals surface area contributed by atoms with Crippen molar-refractivity contribution in [3.8, 4) is 0 Å². The van der Waals surface area contributed by atoms with Crippen LogP contribution in [0.25, 0.3) is 0 Å². The smallest absolute Gasteiger partial charge is 0.191 e. The van der Waals surface area contributed by atoms with Crippen molar-refractivity contribution >= 4 is 45.5 Å². The molecule has 2 aliphatic rings. The highest BCUT2D eigenvalue weighted by Gasteiger charge is 2.21. The van der Waals surface area contributed by atoms with Crippen LogP contribution in [0, 0.1) is 5.82 Å². The van der Waals surface area contributed by atoms with Crippen LogP contribution in [0.3, 0.4) is 0 Å². The molecule has 0 aliphatic carbocycles. The van der Waals surface area contributed by atoms with Gasteiger partial charge in [-0.05, 0) is 24.3 Å². The molecule has 27 heavy (non-hydrogen) atoms. The zero-order valence-corrected chi connectivity index (χ0v) is 18.4. The minimum Gasteiger partial charge on any atom is -0.370 e. The van der Waals surface area contributed by atoms with E-state index in [9.17, 15) is 12.8 Å². The topological polar surface area (TPSA) is 82.2 Å². The van der Waals surface area contributed by atoms with E-state index in [-0.39, 0.29) is 41.3 Å². The Morgan fingerprint density at radius 2 is 1.63 bits per heavy atom. The van der Waals surface area contributed by atoms with E-state index < -0.39 is 9.84 Å². The van der Waals surface area contributed by atoms with E-state index in [0.717, 1.165) is 38.4 Å². The standard InChI is InChI=1S/C17H26FN5O2S.HI/c18-15-1-3-16(4-2-15)22-7-9-23(10-8-22)17(19)20-5-6-21-11-13-26(24,25)14-12-21;/h1-4H,5-14H2,(H2,19,20);1H. The zero-order valence-electron chi connectivity index (χ0n) is 15.3. The lowest BCUT2D eigenvalue weighted by Gasteiger charge is -2.36. The van der Waals surface area contributed by atoms with Crippen molar-refractivity contribution in [3.05, 3.63) is 30.1 Å². The second-order valence-electron chi connectivity index (χ2n) is 6.68. The first-order valence-corrected chi connectivity index (χ1v) is 10.7. The number of nitrogens with two attached hydrogens (primary N) is 1. The van der Waals surface area contributed by atoms with Crippen molar-refractivity contribution in [3.63, 3.8) is 0 Å². The van der Waals surface area contributed by atoms with Crippen LogP contribution in [0.4, 0.5) is 10.1 Å². The average Bonchev–Trinajstić information content (AvgIpc) is 2.64. The van der Waals surface area contributed by atoms with Crippen molar-refractivity contribution in [1.29, 1.82) is 0 Å². The zero-order chi connectivity index (χ0) is 18.6. The highest BCUT2D eigenvalue weighted by atomic mass is 127. The molecule has 0 radical (unpaired) electrons. The highest BCUT2D eigenvalue weighted by molar-refractivity contribution is 14.0. The summed E-state index contributed by atoms with van der Waals surface area (Å²) in [6, 6.07) is 6.54. The summed E-state index contributed by atoms with van der Waals surface area (Å²) in [6.07, 6.45) is 0. The summed E-state index contributed by atoms with van der Waals surface area (Å²) >= 11 is 0. The lowest BCUT2D eigenvalue weighted by Crippen LogP contribution is -2.51. The van der Waals surface area contributed by atoms with E-state index in [1.807, 2.05) is 0 Å². The van der Waals surface area contributed by atoms with Gasteiger partial charge in [0.05, 0.1) is 18.1 Å². The van der Waals surface area contributed by atoms with Gasteiger partial charge in [0.2, 0.25) is 0 Å². The fraction of sp³-hybridized carbons (Fsp3) is 0.588. The van der Waals surface area contributed by atoms with Gasteiger partial charge in [-0.2, -0.15) is 0 Å². The molecule has 0 saturated carbocycles. The van der Waals surface area contributed by atoms with Gasteiger partial charge in [-0.25, -0.2) is 12.8 Å². The van der Waals surface area contributed by atoms with Gasteiger partial charge in [0.1, 0.15) is 5.82 Å². The number of halogens is 2. The maximum absolute atomic E-state index is 13.0. The molecule has 0 aromatic heterocycles. The molecule has 3 rings (SSSR count). The molecular formula is C17H27FIN5O2S. The second kappa shape index (κ2) is 9.87. The molecule has 2 heterocycles. The summed E-state index contributed by atoms with van der Waals surface area (Å²) in [6.45, 7) is 5.62. The fourth-order valence-electron chi connectivity index (χ4n) is 3.23. The second-order valence-corrected chi connectivity index (χ2v) is 8.99. The molecule has 2 fully saturated rings. The summed E-state index contributed by atoms with van der Waals surface area (Å²) in [7, 11) is -2.84. The van der Waals surface area contributed by atoms with Crippen LogP contribution in [-0.2, 0) is 9.84 Å². The summed E-state index contributed by atoms with van der Waals surface area (Å²) < 4.78 is 35.9. The molecule has 0 unspecified atom stereocenters. The van der Waals surface area contributed by atoms with Crippen LogP contribution in [0.2, 0.25) is 0 Å². The van der Waals surface area contributed by atoms with E-state index in [1.165, 1.54) is 12.1 Å². The van der Waals surface area contributed by atoms with Gasteiger partial charge in [0, 0.05) is 51.5 Å². The van der Waals surface area contributed by atoms with Gasteiger partial charge in [-0.3, -0.25) is 9.89 Å². The number of benzene rings is 1. The largest absolute Gasteiger partial charge is 0.370 e. The SMILES string of the molecule is I.NC(=NCCN1CCS(=O)(=O)CC1)N1CCN(c2ccc(F)cc2)CC1. The van der Waals surface area contributed by atoms with Gasteiger partial charge < -0.3 is 15.5 Å². The van der Waals surface area contributed by atoms with Crippen LogP contribution < -0.4 is 10.6 Å². The summed E-state index contributed by atoms with van der Waals surface area (Å²) in [5.74, 6) is 0.776. The number of hydrogen-bond acceptors (Lipinski definition) is 5. The van der Waals surface area contributed by atoms with E-state index >= 15 is 0 Å². The van der Waals surface area contributed by atoms with Gasteiger partial charge in [0.25, 0.3) is 0 Å². The molecule has 0 atom stereocenters. The normalized spacial score (nSPS) is 21.0. The Kier molecular flexibility index (Phi) is 8.10. The van der Waals surface area contributed by atoms with Crippen LogP contribution in [-0.4, -0.2) is 88.0 Å². The third-order valence-electron chi connectivity index (χ3n) is 4.92. The Balaban J connectivity index is 0.00000261. The fourth-order valence-corrected chi connectivity index (χ4v) is 4.50. The lowest BCUT2D eigenvalue weighted by atomic mass is 10.2. The van der Waals surface area contributed by atoms with Gasteiger partial charge in [-0.1, -0.05) is 0 Å². The molecule has 0 amide bonds. The molecule has 0 bridgehead atoms. The minimum absolute atomic E-state index is 0. The quantitative estimate of drug-likeness (QED) is 0.363. The number of rotatable bonds is 4. The Morgan fingerprint density at radius 1 is 1.04 bits per heavy atom. The van der Waals surface area contributed by atoms with E-state index in [0.29, 0.717) is 25.6 Å². The maximum Gasteiger partial charge on any atom is 0.191 e. The lowest BCUT2D eigenvalue weighted by molar-refractivity contribution is 0.303. The molecule has 0 spiro atoms. The van der Waals surface area contributed by atoms with Crippen LogP contribution in [0.15, 0.2) is 29.3 Å². The molecule has 1 aromatic rings. The summed E-state index contributed by atoms with van der Waals surface area (Å²) in [5, 5.41) is 0. The molecular weight excluding hydrogens is 484 g/mol. The molecule has 7 nitrogen and oxygen atoms in total. The van der Waals surface area contributed by atoms with Crippen molar-refractivity contribution in [2.45, 2.75) is 0 Å². The number of nitrogens with zero attached hydrogens (tertiary/aromatic N) is 4. The molecule has 1 aromatic carbocycles. The number of piperazine rings is 1. The molecule has 2 aliphatic heterocycles. The van der Waals surface area contributed by atoms with E-state index in [2.05, 4.69) is 19.7 Å². The Morgan fingerprint density at radius 3 is 2.22 bits per heavy atom. The van der Waals surface area contributed by atoms with E-state index in [4.69, 9.17) is 5.73 Å². The maximum atomic E-state index is 13.0. The number of anilines is 1. The average molecular weight is 511 g/mol. The summed E-state index contributed by atoms with van der Waals surface area (Å²) in [4.78, 5) is 10.8. The van der Waals surface area contributed by atoms with Crippen LogP contribution in [0.1, 0.15) is 0 Å². The number of aliphatic imine (C=N–C) groups is 1. The first-order valence-electron chi connectivity index (χ1n) is 8.91. The van der Waals surface area contributed by atoms with Crippen molar-refractivity contribution < 1.29 is 12.8 Å². The third kappa shape index (κ3) is 6.46. The molecule has 10 heteroatoms. The third-order valence-corrected chi connectivity index (χ3v) is 6.53. The van der Waals surface area contributed by atoms with Gasteiger partial charge >= 0.3 is 0 Å². The van der Waals surface area contributed by atoms with Crippen LogP contribution >= 0.6 is 24.0 Å². The number of guanidine groups is 1. The van der Waals surface area contributed by atoms with Crippen molar-refractivity contribution in [2.24, 2.45) is 10.7 Å². The summed E-state index contributed by atoms with van der Waals surface area (Å²) in [5.41, 5.74) is 7.12. The predicted octanol–water partition coefficient (Wildman–Crippen LogP) is 0.611. The Bertz CT molecular complexity index is 722. The van der Waals surface area contributed by atoms with Gasteiger partial charge in [-0.15, -0.1) is 24.0 Å². The number of hydrogen-bond donors (Lipinski definition) is 1. The van der Waals surface area contributed by atoms with Gasteiger partial charge in [0.15, 0.2) is 15.8 Å². The molecule has 2 N–H and O–H groups in total. The van der Waals surface area contributed by atoms with Crippen molar-refractivity contribution in [1.82, 2.24) is 9.80 Å².